The zero-order valence-corrected chi connectivity index (χ0v) is 24.5. The topological polar surface area (TPSA) is 131 Å². The normalized spacial score (nSPS) is 12.3. The first-order chi connectivity index (χ1) is 18.7. The number of nitrogens with one attached hydrogen (secondary N) is 1. The average Bonchev–Trinajstić information content (AvgIpc) is 2.88. The fourth-order valence-electron chi connectivity index (χ4n) is 3.51. The van der Waals surface area contributed by atoms with Crippen LogP contribution in [0.1, 0.15) is 31.9 Å². The molecule has 12 heteroatoms. The van der Waals surface area contributed by atoms with E-state index in [1.54, 1.807) is 71.3 Å². The number of aryl methyl sites for hydroxylation is 1. The van der Waals surface area contributed by atoms with Crippen LogP contribution in [0, 0.1) is 6.92 Å². The fraction of sp³-hybridized carbons (Fsp3) is 0.357. The second kappa shape index (κ2) is 12.3. The van der Waals surface area contributed by atoms with Crippen LogP contribution in [0.4, 0.5) is 16.3 Å². The molecule has 0 aliphatic heterocycles. The molecule has 40 heavy (non-hydrogen) atoms. The van der Waals surface area contributed by atoms with E-state index in [-0.39, 0.29) is 22.8 Å². The number of sulfonamides is 1. The number of nitrogens with zero attached hydrogens (tertiary/aromatic N) is 4. The van der Waals surface area contributed by atoms with E-state index in [0.717, 1.165) is 15.4 Å². The molecule has 0 aliphatic rings. The highest BCUT2D eigenvalue weighted by atomic mass is 32.2. The lowest BCUT2D eigenvalue weighted by Crippen LogP contribution is -2.39. The van der Waals surface area contributed by atoms with Crippen LogP contribution >= 0.6 is 0 Å². The number of ether oxygens (including phenoxy) is 2. The van der Waals surface area contributed by atoms with Crippen molar-refractivity contribution in [3.05, 3.63) is 72.2 Å². The van der Waals surface area contributed by atoms with Crippen LogP contribution in [-0.2, 0) is 26.0 Å². The molecule has 0 spiro atoms. The van der Waals surface area contributed by atoms with Crippen LogP contribution in [0.15, 0.2) is 66.0 Å². The van der Waals surface area contributed by atoms with Gasteiger partial charge in [-0.1, -0.05) is 29.8 Å². The third kappa shape index (κ3) is 7.92. The second-order valence-electron chi connectivity index (χ2n) is 10.4. The molecule has 0 saturated heterocycles. The summed E-state index contributed by atoms with van der Waals surface area (Å²) in [5.74, 6) is -0.0601. The van der Waals surface area contributed by atoms with Crippen LogP contribution in [0.2, 0.25) is 0 Å². The molecule has 214 valence electrons. The molecule has 1 aromatic heterocycles. The Morgan fingerprint density at radius 2 is 1.62 bits per heavy atom. The minimum Gasteiger partial charge on any atom is -0.458 e. The van der Waals surface area contributed by atoms with Gasteiger partial charge >= 0.3 is 12.1 Å². The van der Waals surface area contributed by atoms with E-state index in [0.29, 0.717) is 5.75 Å². The number of esters is 1. The van der Waals surface area contributed by atoms with Crippen LogP contribution in [-0.4, -0.2) is 68.1 Å². The van der Waals surface area contributed by atoms with E-state index in [1.165, 1.54) is 36.6 Å². The third-order valence-electron chi connectivity index (χ3n) is 5.65. The minimum atomic E-state index is -3.94. The van der Waals surface area contributed by atoms with Crippen molar-refractivity contribution in [1.29, 1.82) is 0 Å². The predicted molar refractivity (Wildman–Crippen MR) is 152 cm³/mol. The molecule has 1 N–H and O–H groups in total. The number of anilines is 2. The van der Waals surface area contributed by atoms with Crippen molar-refractivity contribution in [3.8, 4) is 5.75 Å². The first kappa shape index (κ1) is 30.4. The van der Waals surface area contributed by atoms with Crippen molar-refractivity contribution in [3.63, 3.8) is 0 Å². The van der Waals surface area contributed by atoms with E-state index < -0.39 is 33.7 Å². The molecule has 11 nitrogen and oxygen atoms in total. The summed E-state index contributed by atoms with van der Waals surface area (Å²) in [6.07, 6.45) is 2.29. The average molecular weight is 570 g/mol. The molecule has 0 aliphatic carbocycles. The molecule has 1 heterocycles. The van der Waals surface area contributed by atoms with Crippen molar-refractivity contribution >= 4 is 33.6 Å². The van der Waals surface area contributed by atoms with E-state index in [9.17, 15) is 18.0 Å². The standard InChI is InChI=1S/C28H35N5O6S/c1-19-8-14-22(15-9-19)40(36,37)33(7)24-17-29-18-30-25(24)31-23(26(34)39-28(2,3)4)16-20-10-12-21(13-11-20)38-27(35)32(5)6/h8-15,17-18,23H,16H2,1-7H3,(H,29,30,31)/t23-/m0/s1. The summed E-state index contributed by atoms with van der Waals surface area (Å²) in [5.41, 5.74) is 1.06. The predicted octanol–water partition coefficient (Wildman–Crippen LogP) is 4.04. The SMILES string of the molecule is Cc1ccc(S(=O)(=O)N(C)c2cncnc2N[C@@H](Cc2ccc(OC(=O)N(C)C)cc2)C(=O)OC(C)(C)C)cc1. The summed E-state index contributed by atoms with van der Waals surface area (Å²) in [7, 11) is 0.618. The lowest BCUT2D eigenvalue weighted by molar-refractivity contribution is -0.155. The zero-order chi connectivity index (χ0) is 29.7. The number of carbonyl (C=O) groups is 2. The van der Waals surface area contributed by atoms with Gasteiger partial charge in [-0.3, -0.25) is 4.31 Å². The Hall–Kier alpha value is -4.19. The number of rotatable bonds is 9. The Balaban J connectivity index is 1.91. The molecule has 0 saturated carbocycles. The van der Waals surface area contributed by atoms with E-state index in [1.807, 2.05) is 6.92 Å². The van der Waals surface area contributed by atoms with Crippen molar-refractivity contribution in [2.45, 2.75) is 50.7 Å². The van der Waals surface area contributed by atoms with Gasteiger partial charge in [-0.25, -0.2) is 28.0 Å². The fourth-order valence-corrected chi connectivity index (χ4v) is 4.70. The van der Waals surface area contributed by atoms with Crippen LogP contribution in [0.5, 0.6) is 5.75 Å². The van der Waals surface area contributed by atoms with E-state index in [4.69, 9.17) is 9.47 Å². The van der Waals surface area contributed by atoms with Crippen molar-refractivity contribution in [1.82, 2.24) is 14.9 Å². The number of amides is 1. The van der Waals surface area contributed by atoms with Crippen LogP contribution in [0.3, 0.4) is 0 Å². The van der Waals surface area contributed by atoms with Gasteiger partial charge in [-0.05, 0) is 57.5 Å². The van der Waals surface area contributed by atoms with Crippen molar-refractivity contribution < 1.29 is 27.5 Å². The maximum absolute atomic E-state index is 13.4. The van der Waals surface area contributed by atoms with Crippen LogP contribution in [0.25, 0.3) is 0 Å². The molecular formula is C28H35N5O6S. The second-order valence-corrected chi connectivity index (χ2v) is 12.4. The largest absolute Gasteiger partial charge is 0.458 e. The quantitative estimate of drug-likeness (QED) is 0.379. The summed E-state index contributed by atoms with van der Waals surface area (Å²) in [6.45, 7) is 7.14. The number of benzene rings is 2. The summed E-state index contributed by atoms with van der Waals surface area (Å²) in [4.78, 5) is 34.8. The van der Waals surface area contributed by atoms with Gasteiger partial charge in [0.25, 0.3) is 10.0 Å². The Labute approximate surface area is 235 Å². The van der Waals surface area contributed by atoms with E-state index >= 15 is 0 Å². The van der Waals surface area contributed by atoms with Crippen LogP contribution < -0.4 is 14.4 Å². The Morgan fingerprint density at radius 1 is 1.00 bits per heavy atom. The highest BCUT2D eigenvalue weighted by Gasteiger charge is 2.29. The molecular weight excluding hydrogens is 534 g/mol. The Bertz CT molecular complexity index is 1440. The third-order valence-corrected chi connectivity index (χ3v) is 7.43. The molecule has 0 bridgehead atoms. The van der Waals surface area contributed by atoms with Gasteiger partial charge in [0.1, 0.15) is 29.4 Å². The van der Waals surface area contributed by atoms with E-state index in [2.05, 4.69) is 15.3 Å². The summed E-state index contributed by atoms with van der Waals surface area (Å²) in [5, 5.41) is 3.07. The molecule has 3 rings (SSSR count). The Kier molecular flexibility index (Phi) is 9.36. The van der Waals surface area contributed by atoms with Gasteiger partial charge in [-0.2, -0.15) is 0 Å². The number of hydrogen-bond acceptors (Lipinski definition) is 9. The minimum absolute atomic E-state index is 0.106. The molecule has 0 fully saturated rings. The first-order valence-corrected chi connectivity index (χ1v) is 13.9. The van der Waals surface area contributed by atoms with Crippen molar-refractivity contribution in [2.75, 3.05) is 30.8 Å². The number of hydrogen-bond donors (Lipinski definition) is 1. The zero-order valence-electron chi connectivity index (χ0n) is 23.7. The maximum Gasteiger partial charge on any atom is 0.414 e. The maximum atomic E-state index is 13.4. The highest BCUT2D eigenvalue weighted by molar-refractivity contribution is 7.92. The molecule has 0 radical (unpaired) electrons. The first-order valence-electron chi connectivity index (χ1n) is 12.5. The number of aromatic nitrogens is 2. The highest BCUT2D eigenvalue weighted by Crippen LogP contribution is 2.28. The van der Waals surface area contributed by atoms with Gasteiger partial charge in [-0.15, -0.1) is 0 Å². The molecule has 1 atom stereocenters. The van der Waals surface area contributed by atoms with Gasteiger partial charge < -0.3 is 19.7 Å². The summed E-state index contributed by atoms with van der Waals surface area (Å²) in [6, 6.07) is 12.3. The van der Waals surface area contributed by atoms with Gasteiger partial charge in [0.15, 0.2) is 5.82 Å². The van der Waals surface area contributed by atoms with Gasteiger partial charge in [0.05, 0.1) is 11.1 Å². The van der Waals surface area contributed by atoms with Gasteiger partial charge in [0, 0.05) is 27.6 Å². The Morgan fingerprint density at radius 3 is 2.20 bits per heavy atom. The summed E-state index contributed by atoms with van der Waals surface area (Å²) >= 11 is 0. The molecule has 0 unspecified atom stereocenters. The monoisotopic (exact) mass is 569 g/mol. The molecule has 3 aromatic rings. The summed E-state index contributed by atoms with van der Waals surface area (Å²) < 4.78 is 38.7. The lowest BCUT2D eigenvalue weighted by Gasteiger charge is -2.27. The number of carbonyl (C=O) groups excluding carboxylic acids is 2. The van der Waals surface area contributed by atoms with Crippen molar-refractivity contribution in [2.24, 2.45) is 0 Å². The smallest absolute Gasteiger partial charge is 0.414 e. The van der Waals surface area contributed by atoms with Gasteiger partial charge in [0.2, 0.25) is 0 Å². The lowest BCUT2D eigenvalue weighted by atomic mass is 10.1. The molecule has 1 amide bonds. The molecule has 2 aromatic carbocycles.